The van der Waals surface area contributed by atoms with Gasteiger partial charge in [0.25, 0.3) is 5.91 Å². The van der Waals surface area contributed by atoms with Crippen LogP contribution < -0.4 is 11.2 Å². The molecule has 126 valence electrons. The highest BCUT2D eigenvalue weighted by Crippen LogP contribution is 2.16. The SMILES string of the molecule is Cc1nn(-c2ccccc2)c(C)c1/C=N\NC(=O)c1ccc(N)cc1. The van der Waals surface area contributed by atoms with Gasteiger partial charge in [0, 0.05) is 16.8 Å². The summed E-state index contributed by atoms with van der Waals surface area (Å²) in [6.07, 6.45) is 1.62. The zero-order valence-electron chi connectivity index (χ0n) is 14.1. The van der Waals surface area contributed by atoms with Crippen molar-refractivity contribution in [1.82, 2.24) is 15.2 Å². The van der Waals surface area contributed by atoms with Gasteiger partial charge in [-0.1, -0.05) is 18.2 Å². The number of anilines is 1. The van der Waals surface area contributed by atoms with Crippen molar-refractivity contribution in [3.8, 4) is 5.69 Å². The minimum Gasteiger partial charge on any atom is -0.399 e. The van der Waals surface area contributed by atoms with Crippen LogP contribution in [0.4, 0.5) is 5.69 Å². The molecule has 3 aromatic rings. The molecule has 0 atom stereocenters. The largest absolute Gasteiger partial charge is 0.399 e. The lowest BCUT2D eigenvalue weighted by molar-refractivity contribution is 0.0955. The number of nitrogen functional groups attached to an aromatic ring is 1. The number of aryl methyl sites for hydroxylation is 1. The van der Waals surface area contributed by atoms with Crippen molar-refractivity contribution in [3.63, 3.8) is 0 Å². The Morgan fingerprint density at radius 3 is 2.48 bits per heavy atom. The number of nitrogens with one attached hydrogen (secondary N) is 1. The molecule has 0 radical (unpaired) electrons. The molecule has 0 saturated carbocycles. The van der Waals surface area contributed by atoms with E-state index < -0.39 is 0 Å². The molecule has 0 saturated heterocycles. The highest BCUT2D eigenvalue weighted by atomic mass is 16.2. The van der Waals surface area contributed by atoms with Crippen molar-refractivity contribution in [3.05, 3.63) is 77.1 Å². The van der Waals surface area contributed by atoms with E-state index in [0.717, 1.165) is 22.6 Å². The summed E-state index contributed by atoms with van der Waals surface area (Å²) in [5, 5.41) is 8.60. The molecule has 3 N–H and O–H groups in total. The van der Waals surface area contributed by atoms with Crippen LogP contribution in [-0.4, -0.2) is 21.9 Å². The maximum absolute atomic E-state index is 12.1. The van der Waals surface area contributed by atoms with Gasteiger partial charge >= 0.3 is 0 Å². The summed E-state index contributed by atoms with van der Waals surface area (Å²) in [7, 11) is 0. The van der Waals surface area contributed by atoms with Crippen molar-refractivity contribution in [2.75, 3.05) is 5.73 Å². The van der Waals surface area contributed by atoms with E-state index in [1.54, 1.807) is 30.5 Å². The van der Waals surface area contributed by atoms with Gasteiger partial charge in [0.15, 0.2) is 0 Å². The minimum atomic E-state index is -0.290. The molecule has 0 fully saturated rings. The number of benzene rings is 2. The molecule has 0 aliphatic heterocycles. The summed E-state index contributed by atoms with van der Waals surface area (Å²) < 4.78 is 1.86. The van der Waals surface area contributed by atoms with Gasteiger partial charge in [0.1, 0.15) is 0 Å². The van der Waals surface area contributed by atoms with Crippen molar-refractivity contribution in [1.29, 1.82) is 0 Å². The first kappa shape index (κ1) is 16.4. The van der Waals surface area contributed by atoms with E-state index in [9.17, 15) is 4.79 Å². The number of hydrogen-bond donors (Lipinski definition) is 2. The van der Waals surface area contributed by atoms with Crippen LogP contribution in [0.15, 0.2) is 59.7 Å². The zero-order chi connectivity index (χ0) is 17.8. The van der Waals surface area contributed by atoms with Crippen LogP contribution >= 0.6 is 0 Å². The van der Waals surface area contributed by atoms with Crippen LogP contribution in [0.3, 0.4) is 0 Å². The van der Waals surface area contributed by atoms with Gasteiger partial charge in [-0.05, 0) is 50.2 Å². The van der Waals surface area contributed by atoms with Crippen molar-refractivity contribution in [2.45, 2.75) is 13.8 Å². The number of aromatic nitrogens is 2. The summed E-state index contributed by atoms with van der Waals surface area (Å²) in [6.45, 7) is 3.88. The Kier molecular flexibility index (Phi) is 4.61. The second-order valence-corrected chi connectivity index (χ2v) is 5.65. The topological polar surface area (TPSA) is 85.3 Å². The van der Waals surface area contributed by atoms with Crippen LogP contribution in [0.1, 0.15) is 27.3 Å². The fraction of sp³-hybridized carbons (Fsp3) is 0.105. The van der Waals surface area contributed by atoms with Crippen molar-refractivity contribution >= 4 is 17.8 Å². The Labute approximate surface area is 146 Å². The molecule has 1 aromatic heterocycles. The summed E-state index contributed by atoms with van der Waals surface area (Å²) in [6, 6.07) is 16.5. The van der Waals surface area contributed by atoms with Gasteiger partial charge in [-0.15, -0.1) is 0 Å². The molecule has 1 amide bonds. The average molecular weight is 333 g/mol. The van der Waals surface area contributed by atoms with Crippen LogP contribution in [0.25, 0.3) is 5.69 Å². The number of rotatable bonds is 4. The van der Waals surface area contributed by atoms with Crippen molar-refractivity contribution < 1.29 is 4.79 Å². The first-order valence-corrected chi connectivity index (χ1v) is 7.87. The average Bonchev–Trinajstić information content (AvgIpc) is 2.91. The van der Waals surface area contributed by atoms with Gasteiger partial charge < -0.3 is 5.73 Å². The van der Waals surface area contributed by atoms with Crippen LogP contribution in [0, 0.1) is 13.8 Å². The predicted molar refractivity (Wildman–Crippen MR) is 99.0 cm³/mol. The van der Waals surface area contributed by atoms with E-state index in [4.69, 9.17) is 5.73 Å². The van der Waals surface area contributed by atoms with Gasteiger partial charge in [-0.3, -0.25) is 4.79 Å². The predicted octanol–water partition coefficient (Wildman–Crippen LogP) is 2.84. The third-order valence-corrected chi connectivity index (χ3v) is 3.88. The first-order valence-electron chi connectivity index (χ1n) is 7.87. The molecule has 6 nitrogen and oxygen atoms in total. The van der Waals surface area contributed by atoms with Crippen LogP contribution in [-0.2, 0) is 0 Å². The third kappa shape index (κ3) is 3.58. The molecule has 6 heteroatoms. The number of para-hydroxylation sites is 1. The van der Waals surface area contributed by atoms with Gasteiger partial charge in [0.2, 0.25) is 0 Å². The minimum absolute atomic E-state index is 0.290. The Morgan fingerprint density at radius 2 is 1.80 bits per heavy atom. The quantitative estimate of drug-likeness (QED) is 0.437. The normalized spacial score (nSPS) is 11.0. The van der Waals surface area contributed by atoms with Gasteiger partial charge in [-0.25, -0.2) is 10.1 Å². The van der Waals surface area contributed by atoms with Gasteiger partial charge in [0.05, 0.1) is 23.3 Å². The molecule has 0 bridgehead atoms. The Hall–Kier alpha value is -3.41. The monoisotopic (exact) mass is 333 g/mol. The van der Waals surface area contributed by atoms with Crippen LogP contribution in [0.5, 0.6) is 0 Å². The van der Waals surface area contributed by atoms with E-state index in [2.05, 4.69) is 15.6 Å². The maximum Gasteiger partial charge on any atom is 0.271 e. The Bertz CT molecular complexity index is 911. The van der Waals surface area contributed by atoms with E-state index in [0.29, 0.717) is 11.3 Å². The highest BCUT2D eigenvalue weighted by Gasteiger charge is 2.11. The molecule has 1 heterocycles. The molecular formula is C19H19N5O. The standard InChI is InChI=1S/C19H19N5O/c1-13-18(14(2)24(23-13)17-6-4-3-5-7-17)12-21-22-19(25)15-8-10-16(20)11-9-15/h3-12H,20H2,1-2H3,(H,22,25)/b21-12-. The van der Waals surface area contributed by atoms with E-state index in [1.165, 1.54) is 0 Å². The third-order valence-electron chi connectivity index (χ3n) is 3.88. The number of amides is 1. The number of hydrogen-bond acceptors (Lipinski definition) is 4. The summed E-state index contributed by atoms with van der Waals surface area (Å²) >= 11 is 0. The van der Waals surface area contributed by atoms with Crippen LogP contribution in [0.2, 0.25) is 0 Å². The molecule has 0 spiro atoms. The molecule has 0 unspecified atom stereocenters. The van der Waals surface area contributed by atoms with Gasteiger partial charge in [-0.2, -0.15) is 10.2 Å². The lowest BCUT2D eigenvalue weighted by atomic mass is 10.2. The molecule has 2 aromatic carbocycles. The lowest BCUT2D eigenvalue weighted by Crippen LogP contribution is -2.17. The highest BCUT2D eigenvalue weighted by molar-refractivity contribution is 5.95. The van der Waals surface area contributed by atoms with Crippen molar-refractivity contribution in [2.24, 2.45) is 5.10 Å². The lowest BCUT2D eigenvalue weighted by Gasteiger charge is -2.03. The summed E-state index contributed by atoms with van der Waals surface area (Å²) in [4.78, 5) is 12.1. The second kappa shape index (κ2) is 7.00. The first-order chi connectivity index (χ1) is 12.1. The zero-order valence-corrected chi connectivity index (χ0v) is 14.1. The Balaban J connectivity index is 1.77. The smallest absolute Gasteiger partial charge is 0.271 e. The molecular weight excluding hydrogens is 314 g/mol. The summed E-state index contributed by atoms with van der Waals surface area (Å²) in [5.74, 6) is -0.290. The molecule has 0 aliphatic rings. The fourth-order valence-corrected chi connectivity index (χ4v) is 2.52. The summed E-state index contributed by atoms with van der Waals surface area (Å²) in [5.41, 5.74) is 12.9. The Morgan fingerprint density at radius 1 is 1.12 bits per heavy atom. The maximum atomic E-state index is 12.1. The van der Waals surface area contributed by atoms with E-state index >= 15 is 0 Å². The number of carbonyl (C=O) groups excluding carboxylic acids is 1. The van der Waals surface area contributed by atoms with E-state index in [1.807, 2.05) is 48.9 Å². The molecule has 25 heavy (non-hydrogen) atoms. The number of nitrogens with zero attached hydrogens (tertiary/aromatic N) is 3. The number of hydrazone groups is 1. The number of nitrogens with two attached hydrogens (primary N) is 1. The number of carbonyl (C=O) groups is 1. The second-order valence-electron chi connectivity index (χ2n) is 5.65. The molecule has 0 aliphatic carbocycles. The van der Waals surface area contributed by atoms with E-state index in [-0.39, 0.29) is 5.91 Å². The fourth-order valence-electron chi connectivity index (χ4n) is 2.52. The molecule has 3 rings (SSSR count).